The molecule has 0 aliphatic carbocycles. The first kappa shape index (κ1) is 14.5. The van der Waals surface area contributed by atoms with Crippen LogP contribution in [0.15, 0.2) is 53.0 Å². The van der Waals surface area contributed by atoms with Gasteiger partial charge in [-0.05, 0) is 35.4 Å². The van der Waals surface area contributed by atoms with E-state index in [1.165, 1.54) is 0 Å². The standard InChI is InChI=1S/C17H13BrN2O2/c18-13-6-7-14-15(10-13)20-16(19-14)9-12-3-1-11(2-4-12)5-8-17(21)22/h1-8,10H,9H2,(H,19,20)(H,21,22). The van der Waals surface area contributed by atoms with Gasteiger partial charge in [-0.2, -0.15) is 0 Å². The van der Waals surface area contributed by atoms with Gasteiger partial charge in [0.1, 0.15) is 5.82 Å². The molecular formula is C17H13BrN2O2. The zero-order valence-corrected chi connectivity index (χ0v) is 13.2. The van der Waals surface area contributed by atoms with Crippen LogP contribution in [-0.2, 0) is 11.2 Å². The van der Waals surface area contributed by atoms with Gasteiger partial charge >= 0.3 is 5.97 Å². The highest BCUT2D eigenvalue weighted by molar-refractivity contribution is 9.10. The summed E-state index contributed by atoms with van der Waals surface area (Å²) in [6.07, 6.45) is 3.41. The van der Waals surface area contributed by atoms with Crippen molar-refractivity contribution in [2.45, 2.75) is 6.42 Å². The molecule has 1 heterocycles. The Balaban J connectivity index is 1.78. The van der Waals surface area contributed by atoms with Crippen molar-refractivity contribution in [3.63, 3.8) is 0 Å². The highest BCUT2D eigenvalue weighted by Crippen LogP contribution is 2.19. The second kappa shape index (κ2) is 6.15. The number of benzene rings is 2. The molecule has 3 rings (SSSR count). The maximum absolute atomic E-state index is 10.5. The van der Waals surface area contributed by atoms with Crippen LogP contribution in [0.3, 0.4) is 0 Å². The summed E-state index contributed by atoms with van der Waals surface area (Å²) >= 11 is 3.45. The van der Waals surface area contributed by atoms with E-state index in [2.05, 4.69) is 25.9 Å². The SMILES string of the molecule is O=C(O)C=Cc1ccc(Cc2nc3ccc(Br)cc3[nH]2)cc1. The van der Waals surface area contributed by atoms with E-state index in [0.717, 1.165) is 38.5 Å². The number of aromatic amines is 1. The van der Waals surface area contributed by atoms with Crippen LogP contribution in [-0.4, -0.2) is 21.0 Å². The summed E-state index contributed by atoms with van der Waals surface area (Å²) in [5, 5.41) is 8.61. The second-order valence-corrected chi connectivity index (χ2v) is 5.85. The minimum absolute atomic E-state index is 0.704. The molecule has 5 heteroatoms. The predicted octanol–water partition coefficient (Wildman–Crippen LogP) is 4.01. The highest BCUT2D eigenvalue weighted by Gasteiger charge is 2.04. The van der Waals surface area contributed by atoms with Gasteiger partial charge in [-0.3, -0.25) is 0 Å². The number of rotatable bonds is 4. The normalized spacial score (nSPS) is 11.3. The number of hydrogen-bond acceptors (Lipinski definition) is 2. The molecule has 22 heavy (non-hydrogen) atoms. The summed E-state index contributed by atoms with van der Waals surface area (Å²) in [5.41, 5.74) is 3.93. The van der Waals surface area contributed by atoms with E-state index in [9.17, 15) is 4.79 Å². The third-order valence-corrected chi connectivity index (χ3v) is 3.76. The Kier molecular flexibility index (Phi) is 4.06. The van der Waals surface area contributed by atoms with Crippen molar-refractivity contribution in [3.8, 4) is 0 Å². The van der Waals surface area contributed by atoms with Gasteiger partial charge < -0.3 is 10.1 Å². The fraction of sp³-hybridized carbons (Fsp3) is 0.0588. The molecule has 0 atom stereocenters. The van der Waals surface area contributed by atoms with Crippen LogP contribution in [0.1, 0.15) is 17.0 Å². The smallest absolute Gasteiger partial charge is 0.328 e. The molecule has 0 saturated carbocycles. The Morgan fingerprint density at radius 2 is 2.00 bits per heavy atom. The number of halogens is 1. The van der Waals surface area contributed by atoms with E-state index in [4.69, 9.17) is 5.11 Å². The summed E-state index contributed by atoms with van der Waals surface area (Å²) in [4.78, 5) is 18.4. The number of aliphatic carboxylic acids is 1. The van der Waals surface area contributed by atoms with Gasteiger partial charge in [0, 0.05) is 17.0 Å². The predicted molar refractivity (Wildman–Crippen MR) is 89.7 cm³/mol. The van der Waals surface area contributed by atoms with Crippen LogP contribution in [0.25, 0.3) is 17.1 Å². The van der Waals surface area contributed by atoms with Crippen LogP contribution < -0.4 is 0 Å². The van der Waals surface area contributed by atoms with Crippen molar-refractivity contribution >= 4 is 39.0 Å². The molecule has 0 amide bonds. The van der Waals surface area contributed by atoms with Gasteiger partial charge in [0.25, 0.3) is 0 Å². The van der Waals surface area contributed by atoms with Crippen molar-refractivity contribution in [2.24, 2.45) is 0 Å². The summed E-state index contributed by atoms with van der Waals surface area (Å²) in [6, 6.07) is 13.7. The summed E-state index contributed by atoms with van der Waals surface area (Å²) in [5.74, 6) is -0.0422. The minimum atomic E-state index is -0.947. The van der Waals surface area contributed by atoms with Gasteiger partial charge in [0.2, 0.25) is 0 Å². The van der Waals surface area contributed by atoms with E-state index in [-0.39, 0.29) is 0 Å². The molecule has 110 valence electrons. The lowest BCUT2D eigenvalue weighted by Crippen LogP contribution is -1.91. The number of nitrogens with one attached hydrogen (secondary N) is 1. The summed E-state index contributed by atoms with van der Waals surface area (Å²) < 4.78 is 1.02. The van der Waals surface area contributed by atoms with Crippen molar-refractivity contribution in [1.82, 2.24) is 9.97 Å². The number of aromatic nitrogens is 2. The first-order valence-electron chi connectivity index (χ1n) is 6.74. The molecule has 2 aromatic carbocycles. The Bertz CT molecular complexity index is 851. The number of fused-ring (bicyclic) bond motifs is 1. The number of nitrogens with zero attached hydrogens (tertiary/aromatic N) is 1. The first-order valence-corrected chi connectivity index (χ1v) is 7.53. The molecule has 0 aliphatic heterocycles. The Labute approximate surface area is 135 Å². The lowest BCUT2D eigenvalue weighted by Gasteiger charge is -1.99. The zero-order chi connectivity index (χ0) is 15.5. The lowest BCUT2D eigenvalue weighted by molar-refractivity contribution is -0.131. The third-order valence-electron chi connectivity index (χ3n) is 3.26. The topological polar surface area (TPSA) is 66.0 Å². The number of H-pyrrole nitrogens is 1. The van der Waals surface area contributed by atoms with Gasteiger partial charge in [-0.25, -0.2) is 9.78 Å². The number of imidazole rings is 1. The van der Waals surface area contributed by atoms with E-state index >= 15 is 0 Å². The Morgan fingerprint density at radius 1 is 1.23 bits per heavy atom. The molecule has 0 saturated heterocycles. The van der Waals surface area contributed by atoms with E-state index in [1.807, 2.05) is 42.5 Å². The van der Waals surface area contributed by atoms with Crippen LogP contribution >= 0.6 is 15.9 Å². The third kappa shape index (κ3) is 3.43. The maximum atomic E-state index is 10.5. The maximum Gasteiger partial charge on any atom is 0.328 e. The van der Waals surface area contributed by atoms with Gasteiger partial charge in [0.05, 0.1) is 11.0 Å². The van der Waals surface area contributed by atoms with Crippen LogP contribution in [0.4, 0.5) is 0 Å². The molecule has 0 unspecified atom stereocenters. The Morgan fingerprint density at radius 3 is 2.73 bits per heavy atom. The molecule has 4 nitrogen and oxygen atoms in total. The van der Waals surface area contributed by atoms with Gasteiger partial charge in [0.15, 0.2) is 0 Å². The number of carbonyl (C=O) groups is 1. The molecular weight excluding hydrogens is 344 g/mol. The molecule has 0 spiro atoms. The molecule has 0 aliphatic rings. The second-order valence-electron chi connectivity index (χ2n) is 4.93. The average molecular weight is 357 g/mol. The minimum Gasteiger partial charge on any atom is -0.478 e. The molecule has 3 aromatic rings. The quantitative estimate of drug-likeness (QED) is 0.694. The van der Waals surface area contributed by atoms with Crippen molar-refractivity contribution in [1.29, 1.82) is 0 Å². The molecule has 0 bridgehead atoms. The van der Waals surface area contributed by atoms with E-state index in [1.54, 1.807) is 6.08 Å². The molecule has 0 fully saturated rings. The summed E-state index contributed by atoms with van der Waals surface area (Å²) in [7, 11) is 0. The first-order chi connectivity index (χ1) is 10.6. The van der Waals surface area contributed by atoms with E-state index < -0.39 is 5.97 Å². The number of carboxylic acids is 1. The monoisotopic (exact) mass is 356 g/mol. The van der Waals surface area contributed by atoms with Crippen LogP contribution in [0.5, 0.6) is 0 Å². The highest BCUT2D eigenvalue weighted by atomic mass is 79.9. The molecule has 2 N–H and O–H groups in total. The van der Waals surface area contributed by atoms with Crippen molar-refractivity contribution in [3.05, 3.63) is 70.0 Å². The molecule has 0 radical (unpaired) electrons. The number of hydrogen-bond donors (Lipinski definition) is 2. The summed E-state index contributed by atoms with van der Waals surface area (Å²) in [6.45, 7) is 0. The van der Waals surface area contributed by atoms with Crippen molar-refractivity contribution in [2.75, 3.05) is 0 Å². The Hall–Kier alpha value is -2.40. The molecule has 1 aromatic heterocycles. The average Bonchev–Trinajstić information content (AvgIpc) is 2.87. The fourth-order valence-corrected chi connectivity index (χ4v) is 2.59. The fourth-order valence-electron chi connectivity index (χ4n) is 2.23. The zero-order valence-electron chi connectivity index (χ0n) is 11.6. The van der Waals surface area contributed by atoms with Crippen molar-refractivity contribution < 1.29 is 9.90 Å². The lowest BCUT2D eigenvalue weighted by atomic mass is 10.1. The number of carboxylic acid groups (broad SMARTS) is 1. The van der Waals surface area contributed by atoms with E-state index in [0.29, 0.717) is 6.42 Å². The van der Waals surface area contributed by atoms with Crippen LogP contribution in [0, 0.1) is 0 Å². The van der Waals surface area contributed by atoms with Gasteiger partial charge in [-0.15, -0.1) is 0 Å². The largest absolute Gasteiger partial charge is 0.478 e. The van der Waals surface area contributed by atoms with Gasteiger partial charge in [-0.1, -0.05) is 40.2 Å². The van der Waals surface area contributed by atoms with Crippen LogP contribution in [0.2, 0.25) is 0 Å².